The van der Waals surface area contributed by atoms with Gasteiger partial charge in [-0.25, -0.2) is 0 Å². The topological polar surface area (TPSA) is 0 Å². The predicted octanol–water partition coefficient (Wildman–Crippen LogP) is 5.53. The SMILES string of the molecule is [2H]C([2H])([2H])[Si](C)(C([2H])([2H])[2H])C([Si](C)(C)C)([Si](C)(C)C)[Si](C)(C)F. The first kappa shape index (κ1) is 9.66. The van der Waals surface area contributed by atoms with E-state index in [1.54, 1.807) is 13.1 Å². The molecule has 0 nitrogen and oxygen atoms in total. The van der Waals surface area contributed by atoms with Gasteiger partial charge in [-0.15, -0.1) is 0 Å². The van der Waals surface area contributed by atoms with Crippen molar-refractivity contribution in [2.24, 2.45) is 0 Å². The molecule has 17 heavy (non-hydrogen) atoms. The summed E-state index contributed by atoms with van der Waals surface area (Å²) < 4.78 is 63.9. The average Bonchev–Trinajstić information content (AvgIpc) is 2.05. The molecule has 5 heteroatoms. The highest BCUT2D eigenvalue weighted by molar-refractivity contribution is 7.28. The highest BCUT2D eigenvalue weighted by Gasteiger charge is 2.68. The summed E-state index contributed by atoms with van der Waals surface area (Å²) in [5.74, 6) is 0. The van der Waals surface area contributed by atoms with Gasteiger partial charge in [0.2, 0.25) is 8.41 Å². The van der Waals surface area contributed by atoms with E-state index in [1.165, 1.54) is 6.55 Å². The Labute approximate surface area is 121 Å². The van der Waals surface area contributed by atoms with Gasteiger partial charge in [0, 0.05) is 32.4 Å². The molecule has 0 aliphatic carbocycles. The zero-order valence-corrected chi connectivity index (χ0v) is 16.9. The lowest BCUT2D eigenvalue weighted by Gasteiger charge is -2.62. The Morgan fingerprint density at radius 1 is 0.706 bits per heavy atom. The Morgan fingerprint density at radius 2 is 1.00 bits per heavy atom. The summed E-state index contributed by atoms with van der Waals surface area (Å²) in [7, 11) is -12.6. The molecule has 104 valence electrons. The maximum atomic E-state index is 16.0. The van der Waals surface area contributed by atoms with Crippen molar-refractivity contribution in [1.82, 2.24) is 0 Å². The number of hydrogen-bond acceptors (Lipinski definition) is 0. The Morgan fingerprint density at radius 3 is 1.06 bits per heavy atom. The van der Waals surface area contributed by atoms with Gasteiger partial charge in [0.25, 0.3) is 0 Å². The van der Waals surface area contributed by atoms with Crippen molar-refractivity contribution in [3.8, 4) is 0 Å². The van der Waals surface area contributed by atoms with Gasteiger partial charge in [-0.1, -0.05) is 58.8 Å². The molecule has 0 spiro atoms. The van der Waals surface area contributed by atoms with E-state index in [2.05, 4.69) is 0 Å². The van der Waals surface area contributed by atoms with Crippen LogP contribution in [0, 0.1) is 0 Å². The summed E-state index contributed by atoms with van der Waals surface area (Å²) >= 11 is 0. The normalized spacial score (nSPS) is 22.9. The summed E-state index contributed by atoms with van der Waals surface area (Å²) in [6.45, 7) is 11.2. The lowest BCUT2D eigenvalue weighted by molar-refractivity contribution is 0.774. The minimum atomic E-state index is -4.03. The van der Waals surface area contributed by atoms with Crippen molar-refractivity contribution in [1.29, 1.82) is 0 Å². The number of halogens is 1. The largest absolute Gasteiger partial charge is 0.315 e. The third kappa shape index (κ3) is 2.72. The fraction of sp³-hybridized carbons (Fsp3) is 1.00. The second-order valence-corrected chi connectivity index (χ2v) is 28.0. The molecule has 0 amide bonds. The van der Waals surface area contributed by atoms with Gasteiger partial charge >= 0.3 is 0 Å². The highest BCUT2D eigenvalue weighted by Crippen LogP contribution is 2.59. The van der Waals surface area contributed by atoms with Crippen molar-refractivity contribution in [3.63, 3.8) is 0 Å². The fourth-order valence-electron chi connectivity index (χ4n) is 5.00. The van der Waals surface area contributed by atoms with Crippen LogP contribution in [0.2, 0.25) is 75.8 Å². The molecule has 0 aromatic rings. The van der Waals surface area contributed by atoms with Gasteiger partial charge in [0.15, 0.2) is 0 Å². The van der Waals surface area contributed by atoms with Crippen molar-refractivity contribution >= 4 is 32.6 Å². The molecule has 0 rings (SSSR count). The smallest absolute Gasteiger partial charge is 0.239 e. The third-order valence-electron chi connectivity index (χ3n) is 3.89. The Bertz CT molecular complexity index is 389. The Balaban J connectivity index is 7.46. The van der Waals surface area contributed by atoms with Crippen molar-refractivity contribution in [2.75, 3.05) is 0 Å². The second kappa shape index (κ2) is 4.42. The number of hydrogen-bond donors (Lipinski definition) is 0. The maximum Gasteiger partial charge on any atom is 0.239 e. The molecular weight excluding hydrogens is 275 g/mol. The van der Waals surface area contributed by atoms with Crippen LogP contribution in [0.4, 0.5) is 4.11 Å². The minimum absolute atomic E-state index is 1.10. The third-order valence-corrected chi connectivity index (χ3v) is 35.0. The van der Waals surface area contributed by atoms with Gasteiger partial charge in [-0.05, 0) is 17.0 Å². The molecule has 0 radical (unpaired) electrons. The molecule has 0 unspecified atom stereocenters. The first-order chi connectivity index (χ1) is 9.50. The van der Waals surface area contributed by atoms with Crippen LogP contribution in [-0.4, -0.2) is 32.6 Å². The van der Waals surface area contributed by atoms with E-state index in [1.807, 2.05) is 39.3 Å². The summed E-state index contributed by atoms with van der Waals surface area (Å²) in [5.41, 5.74) is 0. The Hall–Kier alpha value is 0.798. The lowest BCUT2D eigenvalue weighted by atomic mass is 11.6. The molecule has 0 atom stereocenters. The van der Waals surface area contributed by atoms with Gasteiger partial charge < -0.3 is 4.11 Å². The van der Waals surface area contributed by atoms with Gasteiger partial charge in [-0.2, -0.15) is 0 Å². The summed E-state index contributed by atoms with van der Waals surface area (Å²) in [5, 5.41) is 0. The molecule has 0 aromatic carbocycles. The van der Waals surface area contributed by atoms with E-state index < -0.39 is 49.5 Å². The predicted molar refractivity (Wildman–Crippen MR) is 91.3 cm³/mol. The molecule has 0 heterocycles. The van der Waals surface area contributed by atoms with Crippen LogP contribution in [-0.2, 0) is 0 Å². The lowest BCUT2D eigenvalue weighted by Crippen LogP contribution is -2.74. The van der Waals surface area contributed by atoms with E-state index in [9.17, 15) is 0 Å². The summed E-state index contributed by atoms with van der Waals surface area (Å²) in [6.07, 6.45) is 0. The molecule has 0 saturated carbocycles. The van der Waals surface area contributed by atoms with Crippen LogP contribution in [0.5, 0.6) is 0 Å². The first-order valence-electron chi connectivity index (χ1n) is 9.19. The van der Waals surface area contributed by atoms with Crippen LogP contribution in [0.1, 0.15) is 8.22 Å². The van der Waals surface area contributed by atoms with Crippen molar-refractivity contribution < 1.29 is 12.3 Å². The summed E-state index contributed by atoms with van der Waals surface area (Å²) in [6, 6.07) is 0. The molecule has 0 fully saturated rings. The Kier molecular flexibility index (Phi) is 2.51. The van der Waals surface area contributed by atoms with Gasteiger partial charge in [0.1, 0.15) is 0 Å². The molecule has 0 aliphatic heterocycles. The zero-order chi connectivity index (χ0) is 19.5. The van der Waals surface area contributed by atoms with Crippen molar-refractivity contribution in [2.45, 2.75) is 75.8 Å². The molecule has 0 saturated heterocycles. The minimum Gasteiger partial charge on any atom is -0.315 e. The quantitative estimate of drug-likeness (QED) is 0.472. The maximum absolute atomic E-state index is 16.0. The first-order valence-corrected chi connectivity index (χ1v) is 18.6. The average molecular weight is 315 g/mol. The fourth-order valence-corrected chi connectivity index (χ4v) is 45.0. The number of rotatable bonds is 4. The van der Waals surface area contributed by atoms with Crippen LogP contribution in [0.3, 0.4) is 0 Å². The van der Waals surface area contributed by atoms with E-state index in [-0.39, 0.29) is 0 Å². The molecule has 0 aromatic heterocycles. The standard InChI is InChI=1S/C12H33FSi4/c1-14(2,3)12(15(4,5)6,16(7,8)9)17(10,11)13/h1-11H3/i1D3,2D3. The van der Waals surface area contributed by atoms with E-state index in [4.69, 9.17) is 8.22 Å². The zero-order valence-electron chi connectivity index (χ0n) is 18.9. The molecule has 0 N–H and O–H groups in total. The second-order valence-electron chi connectivity index (χ2n) is 7.85. The van der Waals surface area contributed by atoms with Gasteiger partial charge in [-0.3, -0.25) is 0 Å². The van der Waals surface area contributed by atoms with E-state index in [0.29, 0.717) is 0 Å². The molecule has 0 aliphatic rings. The van der Waals surface area contributed by atoms with Crippen LogP contribution in [0.15, 0.2) is 0 Å². The highest BCUT2D eigenvalue weighted by atomic mass is 28.5. The monoisotopic (exact) mass is 314 g/mol. The van der Waals surface area contributed by atoms with Crippen molar-refractivity contribution in [3.05, 3.63) is 0 Å². The van der Waals surface area contributed by atoms with Crippen LogP contribution < -0.4 is 0 Å². The molecular formula is C12H33FSi4. The van der Waals surface area contributed by atoms with Crippen LogP contribution in [0.25, 0.3) is 0 Å². The van der Waals surface area contributed by atoms with Gasteiger partial charge in [0.05, 0.1) is 0 Å². The van der Waals surface area contributed by atoms with Crippen LogP contribution >= 0.6 is 0 Å². The molecule has 0 bridgehead atoms. The van der Waals surface area contributed by atoms with E-state index in [0.717, 1.165) is 0 Å². The summed E-state index contributed by atoms with van der Waals surface area (Å²) in [4.78, 5) is 0. The van der Waals surface area contributed by atoms with E-state index >= 15 is 4.11 Å².